The lowest BCUT2D eigenvalue weighted by Gasteiger charge is -2.40. The summed E-state index contributed by atoms with van der Waals surface area (Å²) in [6.07, 6.45) is -12.1. The molecular formula is C80H92O23S. The van der Waals surface area contributed by atoms with Gasteiger partial charge < -0.3 is 91.5 Å². The summed E-state index contributed by atoms with van der Waals surface area (Å²) < 4.78 is 125. The van der Waals surface area contributed by atoms with Crippen LogP contribution in [0.2, 0.25) is 0 Å². The van der Waals surface area contributed by atoms with Crippen molar-refractivity contribution in [3.05, 3.63) is 287 Å². The number of hydrogen-bond acceptors (Lipinski definition) is 23. The van der Waals surface area contributed by atoms with Crippen LogP contribution in [0.4, 0.5) is 0 Å². The standard InChI is InChI=1S/C29H32O9S.C29H34O7.C22H26O7/c30-39(31)37-20-26-28(38-39)29(34-18-24-14-8-3-9-15-24)27(36-21-35-26)25(33-17-23-12-6-2-7-13-23)19-32-16-22-10-4-1-5-11-22;30-16-25-27(31)29(34-19-24-14-8-3-9-15-24)28(36-21-35-25)26(33-18-23-12-6-2-7-13-23)20-32-17-22-10-4-1-5-11-22;23-11-17(24)19-21(25-12-15-7-3-1-4-8-15)20-18(27-14-28-19)13-26-22(29-20)16-9-5-2-6-10-16/h1-15,25-29H,16-21H2;1-15,25-31H,16-21H2;1-10,17-24H,11-14H2/t25-,26-,27-,28-,29-;25-,26-,27-,28-,29+;17-,18-,19-,20-,21-,22?/m111/s1. The van der Waals surface area contributed by atoms with E-state index in [0.717, 1.165) is 44.5 Å². The molecule has 0 radical (unpaired) electrons. The lowest BCUT2D eigenvalue weighted by atomic mass is 9.98. The predicted molar refractivity (Wildman–Crippen MR) is 377 cm³/mol. The van der Waals surface area contributed by atoms with Gasteiger partial charge >= 0.3 is 10.4 Å². The van der Waals surface area contributed by atoms with Gasteiger partial charge in [-0.05, 0) is 38.9 Å². The van der Waals surface area contributed by atoms with E-state index in [-0.39, 0.29) is 60.0 Å². The summed E-state index contributed by atoms with van der Waals surface area (Å²) in [5.41, 5.74) is 7.77. The molecule has 5 aliphatic heterocycles. The summed E-state index contributed by atoms with van der Waals surface area (Å²) in [5.74, 6) is 0. The molecule has 8 aromatic rings. The molecule has 5 saturated heterocycles. The second-order valence-electron chi connectivity index (χ2n) is 25.2. The zero-order valence-electron chi connectivity index (χ0n) is 57.6. The topological polar surface area (TPSA) is 272 Å². The van der Waals surface area contributed by atoms with Gasteiger partial charge in [0.05, 0.1) is 85.9 Å². The van der Waals surface area contributed by atoms with Crippen molar-refractivity contribution in [2.45, 2.75) is 144 Å². The zero-order chi connectivity index (χ0) is 72.0. The maximum atomic E-state index is 12.3. The van der Waals surface area contributed by atoms with Gasteiger partial charge in [0.25, 0.3) is 0 Å². The Hall–Kier alpha value is -7.13. The summed E-state index contributed by atoms with van der Waals surface area (Å²) >= 11 is 0. The van der Waals surface area contributed by atoms with Crippen LogP contribution in [0.25, 0.3) is 0 Å². The minimum Gasteiger partial charge on any atom is -0.394 e. The van der Waals surface area contributed by atoms with Crippen molar-refractivity contribution in [1.29, 1.82) is 0 Å². The summed E-state index contributed by atoms with van der Waals surface area (Å²) in [5, 5.41) is 40.8. The number of benzene rings is 8. The Morgan fingerprint density at radius 1 is 0.404 bits per heavy atom. The Kier molecular flexibility index (Phi) is 31.2. The summed E-state index contributed by atoms with van der Waals surface area (Å²) in [7, 11) is -4.23. The maximum Gasteiger partial charge on any atom is 0.400 e. The van der Waals surface area contributed by atoms with Crippen molar-refractivity contribution in [3.63, 3.8) is 0 Å². The lowest BCUT2D eigenvalue weighted by Crippen LogP contribution is -2.55. The summed E-state index contributed by atoms with van der Waals surface area (Å²) in [6, 6.07) is 77.9. The largest absolute Gasteiger partial charge is 0.400 e. The van der Waals surface area contributed by atoms with E-state index in [1.807, 2.05) is 243 Å². The molecule has 556 valence electrons. The quantitative estimate of drug-likeness (QED) is 0.0340. The fourth-order valence-electron chi connectivity index (χ4n) is 12.3. The van der Waals surface area contributed by atoms with Crippen molar-refractivity contribution in [2.24, 2.45) is 0 Å². The van der Waals surface area contributed by atoms with E-state index in [4.69, 9.17) is 79.4 Å². The van der Waals surface area contributed by atoms with Gasteiger partial charge in [-0.25, -0.2) is 8.37 Å². The van der Waals surface area contributed by atoms with Crippen LogP contribution in [0.15, 0.2) is 243 Å². The third-order valence-electron chi connectivity index (χ3n) is 17.8. The van der Waals surface area contributed by atoms with Crippen molar-refractivity contribution in [1.82, 2.24) is 0 Å². The Balaban J connectivity index is 0.000000158. The number of aliphatic hydroxyl groups is 4. The van der Waals surface area contributed by atoms with Crippen molar-refractivity contribution < 1.29 is 108 Å². The number of ether oxygens (including phenoxy) is 15. The highest BCUT2D eigenvalue weighted by Crippen LogP contribution is 2.36. The van der Waals surface area contributed by atoms with E-state index in [1.54, 1.807) is 0 Å². The number of rotatable bonds is 29. The van der Waals surface area contributed by atoms with Gasteiger partial charge in [0.1, 0.15) is 112 Å². The third kappa shape index (κ3) is 23.7. The molecule has 0 saturated carbocycles. The SMILES string of the molecule is O=S1(=O)OC[C@H]2OCO[C@H]([C@@H](COCc3ccccc3)OCc3ccccc3)[C@@H](OCc3ccccc3)[C@@H]2O1.OC[C@@H](O)[C@H]1OCO[C@@H]2COC(c3ccccc3)O[C@H]2[C@@H]1OCc1ccccc1.OC[C@H]1OCO[C@H]([C@@H](COCc2ccccc2)OCc2ccccc2)[C@@H](OCc2ccccc2)[C@@H]1O. The lowest BCUT2D eigenvalue weighted by molar-refractivity contribution is -0.285. The Morgan fingerprint density at radius 2 is 0.769 bits per heavy atom. The van der Waals surface area contributed by atoms with Gasteiger partial charge in [0, 0.05) is 5.56 Å². The molecule has 0 aliphatic carbocycles. The van der Waals surface area contributed by atoms with Crippen LogP contribution in [-0.2, 0) is 136 Å². The van der Waals surface area contributed by atoms with Gasteiger partial charge in [0.2, 0.25) is 0 Å². The zero-order valence-corrected chi connectivity index (χ0v) is 58.4. The highest BCUT2D eigenvalue weighted by atomic mass is 32.3. The fourth-order valence-corrected chi connectivity index (χ4v) is 13.2. The molecule has 0 amide bonds. The van der Waals surface area contributed by atoms with E-state index in [2.05, 4.69) is 0 Å². The summed E-state index contributed by atoms with van der Waals surface area (Å²) in [4.78, 5) is 0. The van der Waals surface area contributed by atoms with E-state index < -0.39 is 115 Å². The van der Waals surface area contributed by atoms with Gasteiger partial charge in [-0.1, -0.05) is 243 Å². The molecular weight excluding hydrogens is 1360 g/mol. The Labute approximate surface area is 607 Å². The van der Waals surface area contributed by atoms with E-state index >= 15 is 0 Å². The molecule has 5 heterocycles. The van der Waals surface area contributed by atoms with Gasteiger partial charge in [-0.15, -0.1) is 0 Å². The van der Waals surface area contributed by atoms with Crippen LogP contribution in [0.1, 0.15) is 50.8 Å². The van der Waals surface area contributed by atoms with E-state index in [1.165, 1.54) is 0 Å². The third-order valence-corrected chi connectivity index (χ3v) is 18.7. The van der Waals surface area contributed by atoms with Crippen LogP contribution in [0.3, 0.4) is 0 Å². The van der Waals surface area contributed by atoms with E-state index in [0.29, 0.717) is 39.6 Å². The first-order valence-electron chi connectivity index (χ1n) is 34.8. The summed E-state index contributed by atoms with van der Waals surface area (Å²) in [6.45, 7) is 1.60. The monoisotopic (exact) mass is 1450 g/mol. The molecule has 24 heteroatoms. The Bertz CT molecular complexity index is 3740. The highest BCUT2D eigenvalue weighted by molar-refractivity contribution is 7.81. The van der Waals surface area contributed by atoms with Gasteiger partial charge in [0.15, 0.2) is 6.29 Å². The normalized spacial score (nSPS) is 26.1. The molecule has 5 aliphatic rings. The van der Waals surface area contributed by atoms with Crippen LogP contribution >= 0.6 is 0 Å². The Morgan fingerprint density at radius 3 is 1.20 bits per heavy atom. The molecule has 8 aromatic carbocycles. The fraction of sp³-hybridized carbons (Fsp3) is 0.400. The average molecular weight is 1450 g/mol. The number of hydrogen-bond donors (Lipinski definition) is 4. The first-order chi connectivity index (χ1) is 51.1. The first-order valence-corrected chi connectivity index (χ1v) is 36.1. The predicted octanol–water partition coefficient (Wildman–Crippen LogP) is 9.03. The molecule has 13 rings (SSSR count). The maximum absolute atomic E-state index is 12.3. The molecule has 1 unspecified atom stereocenters. The first kappa shape index (κ1) is 78.0. The van der Waals surface area contributed by atoms with Crippen LogP contribution in [0, 0.1) is 0 Å². The molecule has 16 atom stereocenters. The van der Waals surface area contributed by atoms with Gasteiger partial charge in [-0.3, -0.25) is 0 Å². The molecule has 5 fully saturated rings. The highest BCUT2D eigenvalue weighted by Gasteiger charge is 2.51. The van der Waals surface area contributed by atoms with Gasteiger partial charge in [-0.2, -0.15) is 8.42 Å². The molecule has 0 bridgehead atoms. The van der Waals surface area contributed by atoms with Crippen molar-refractivity contribution >= 4 is 10.4 Å². The second kappa shape index (κ2) is 41.7. The van der Waals surface area contributed by atoms with Crippen molar-refractivity contribution in [2.75, 3.05) is 60.0 Å². The molecule has 0 spiro atoms. The molecule has 4 N–H and O–H groups in total. The van der Waals surface area contributed by atoms with Crippen LogP contribution < -0.4 is 0 Å². The molecule has 104 heavy (non-hydrogen) atoms. The molecule has 23 nitrogen and oxygen atoms in total. The smallest absolute Gasteiger partial charge is 0.394 e. The molecule has 0 aromatic heterocycles. The minimum absolute atomic E-state index is 0.0448. The van der Waals surface area contributed by atoms with Crippen molar-refractivity contribution in [3.8, 4) is 0 Å². The van der Waals surface area contributed by atoms with E-state index in [9.17, 15) is 28.8 Å². The average Bonchev–Trinajstić information content (AvgIpc) is 1.65. The van der Waals surface area contributed by atoms with Crippen LogP contribution in [0.5, 0.6) is 0 Å². The number of aliphatic hydroxyl groups excluding tert-OH is 4. The number of fused-ring (bicyclic) bond motifs is 2. The minimum atomic E-state index is -4.23. The van der Waals surface area contributed by atoms with Crippen LogP contribution in [-0.4, -0.2) is 180 Å². The second-order valence-corrected chi connectivity index (χ2v) is 26.4.